The number of ether oxygens (including phenoxy) is 1. The molecule has 0 radical (unpaired) electrons. The van der Waals surface area contributed by atoms with E-state index in [0.29, 0.717) is 23.6 Å². The highest BCUT2D eigenvalue weighted by Gasteiger charge is 2.15. The highest BCUT2D eigenvalue weighted by atomic mass is 16.5. The molecule has 2 amide bonds. The number of rotatable bonds is 5. The summed E-state index contributed by atoms with van der Waals surface area (Å²) in [4.78, 5) is 27.2. The Bertz CT molecular complexity index is 652. The molecular weight excluding hydrogens is 286 g/mol. The highest BCUT2D eigenvalue weighted by Crippen LogP contribution is 2.15. The molecule has 0 saturated carbocycles. The summed E-state index contributed by atoms with van der Waals surface area (Å²) in [6, 6.07) is 6.68. The summed E-state index contributed by atoms with van der Waals surface area (Å²) in [5, 5.41) is 5.32. The first-order valence-electron chi connectivity index (χ1n) is 6.69. The number of pyridine rings is 1. The molecule has 2 aromatic rings. The first kappa shape index (κ1) is 15.6. The maximum absolute atomic E-state index is 11.7. The monoisotopic (exact) mass is 303 g/mol. The van der Waals surface area contributed by atoms with Crippen LogP contribution in [0.3, 0.4) is 0 Å². The maximum atomic E-state index is 11.7. The number of esters is 1. The van der Waals surface area contributed by atoms with Gasteiger partial charge in [0.2, 0.25) is 0 Å². The topological polar surface area (TPSA) is 93.5 Å². The van der Waals surface area contributed by atoms with Crippen molar-refractivity contribution < 1.29 is 18.7 Å². The van der Waals surface area contributed by atoms with Crippen molar-refractivity contribution in [3.8, 4) is 0 Å². The zero-order valence-electron chi connectivity index (χ0n) is 12.4. The summed E-state index contributed by atoms with van der Waals surface area (Å²) in [7, 11) is 1.30. The van der Waals surface area contributed by atoms with Gasteiger partial charge in [-0.25, -0.2) is 9.59 Å². The number of nitrogens with zero attached hydrogens (tertiary/aromatic N) is 1. The Labute approximate surface area is 127 Å². The maximum Gasteiger partial charge on any atom is 0.341 e. The highest BCUT2D eigenvalue weighted by molar-refractivity contribution is 5.90. The number of nitrogens with one attached hydrogen (secondary N) is 2. The predicted octanol–water partition coefficient (Wildman–Crippen LogP) is 1.77. The molecule has 7 heteroatoms. The van der Waals surface area contributed by atoms with Gasteiger partial charge >= 0.3 is 12.0 Å². The zero-order chi connectivity index (χ0) is 15.9. The quantitative estimate of drug-likeness (QED) is 0.821. The minimum atomic E-state index is -0.466. The van der Waals surface area contributed by atoms with Crippen molar-refractivity contribution in [2.24, 2.45) is 0 Å². The van der Waals surface area contributed by atoms with Crippen molar-refractivity contribution >= 4 is 12.0 Å². The molecule has 0 aliphatic rings. The predicted molar refractivity (Wildman–Crippen MR) is 78.1 cm³/mol. The number of urea groups is 1. The number of aryl methyl sites for hydroxylation is 1. The molecule has 2 aromatic heterocycles. The molecule has 0 fully saturated rings. The van der Waals surface area contributed by atoms with Crippen LogP contribution in [0.4, 0.5) is 4.79 Å². The van der Waals surface area contributed by atoms with Crippen LogP contribution in [0.1, 0.15) is 27.6 Å². The molecule has 2 N–H and O–H groups in total. The van der Waals surface area contributed by atoms with Gasteiger partial charge in [0.25, 0.3) is 0 Å². The van der Waals surface area contributed by atoms with Gasteiger partial charge in [-0.2, -0.15) is 0 Å². The number of amides is 2. The van der Waals surface area contributed by atoms with Crippen LogP contribution in [0.25, 0.3) is 0 Å². The number of furan rings is 1. The Kier molecular flexibility index (Phi) is 5.13. The molecule has 0 aliphatic carbocycles. The van der Waals surface area contributed by atoms with Crippen LogP contribution in [0.15, 0.2) is 34.9 Å². The van der Waals surface area contributed by atoms with Crippen LogP contribution in [0, 0.1) is 6.92 Å². The first-order valence-corrected chi connectivity index (χ1v) is 6.69. The number of methoxy groups -OCH3 is 1. The van der Waals surface area contributed by atoms with Gasteiger partial charge in [-0.1, -0.05) is 6.07 Å². The van der Waals surface area contributed by atoms with Gasteiger partial charge in [-0.05, 0) is 25.1 Å². The van der Waals surface area contributed by atoms with Crippen molar-refractivity contribution in [2.45, 2.75) is 20.0 Å². The van der Waals surface area contributed by atoms with Crippen LogP contribution in [0.2, 0.25) is 0 Å². The molecule has 0 bridgehead atoms. The van der Waals surface area contributed by atoms with Gasteiger partial charge in [-0.15, -0.1) is 0 Å². The lowest BCUT2D eigenvalue weighted by molar-refractivity contribution is 0.0598. The lowest BCUT2D eigenvalue weighted by atomic mass is 10.2. The Balaban J connectivity index is 1.82. The SMILES string of the molecule is COC(=O)c1cc(CNC(=O)NCc2ccccn2)oc1C. The lowest BCUT2D eigenvalue weighted by Gasteiger charge is -2.05. The third-order valence-corrected chi connectivity index (χ3v) is 2.95. The molecule has 0 atom stereocenters. The van der Waals surface area contributed by atoms with E-state index in [9.17, 15) is 9.59 Å². The van der Waals surface area contributed by atoms with Crippen molar-refractivity contribution in [3.05, 3.63) is 53.2 Å². The number of carbonyl (C=O) groups excluding carboxylic acids is 2. The van der Waals surface area contributed by atoms with Gasteiger partial charge in [0.15, 0.2) is 0 Å². The summed E-state index contributed by atoms with van der Waals surface area (Å²) >= 11 is 0. The summed E-state index contributed by atoms with van der Waals surface area (Å²) in [6.45, 7) is 2.17. The average molecular weight is 303 g/mol. The van der Waals surface area contributed by atoms with Gasteiger partial charge in [0.1, 0.15) is 17.1 Å². The Morgan fingerprint density at radius 3 is 2.73 bits per heavy atom. The number of aromatic nitrogens is 1. The van der Waals surface area contributed by atoms with E-state index in [4.69, 9.17) is 4.42 Å². The Hall–Kier alpha value is -2.83. The normalized spacial score (nSPS) is 10.1. The molecule has 0 aromatic carbocycles. The van der Waals surface area contributed by atoms with Crippen LogP contribution in [-0.4, -0.2) is 24.1 Å². The standard InChI is InChI=1S/C15H17N3O4/c1-10-13(14(19)21-2)7-12(22-10)9-18-15(20)17-8-11-5-3-4-6-16-11/h3-7H,8-9H2,1-2H3,(H2,17,18,20). The van der Waals surface area contributed by atoms with Crippen LogP contribution in [0.5, 0.6) is 0 Å². The molecule has 22 heavy (non-hydrogen) atoms. The Morgan fingerprint density at radius 2 is 2.05 bits per heavy atom. The largest absolute Gasteiger partial charge is 0.465 e. The fraction of sp³-hybridized carbons (Fsp3) is 0.267. The van der Waals surface area contributed by atoms with E-state index in [-0.39, 0.29) is 12.6 Å². The van der Waals surface area contributed by atoms with Crippen molar-refractivity contribution in [1.29, 1.82) is 0 Å². The van der Waals surface area contributed by atoms with Gasteiger partial charge in [-0.3, -0.25) is 4.98 Å². The first-order chi connectivity index (χ1) is 10.6. The van der Waals surface area contributed by atoms with E-state index in [1.54, 1.807) is 19.2 Å². The Morgan fingerprint density at radius 1 is 1.27 bits per heavy atom. The molecule has 2 heterocycles. The summed E-state index contributed by atoms with van der Waals surface area (Å²) in [5.41, 5.74) is 1.12. The van der Waals surface area contributed by atoms with E-state index in [2.05, 4.69) is 20.4 Å². The fourth-order valence-electron chi connectivity index (χ4n) is 1.85. The smallest absolute Gasteiger partial charge is 0.341 e. The fourth-order valence-corrected chi connectivity index (χ4v) is 1.85. The summed E-state index contributed by atoms with van der Waals surface area (Å²) in [5.74, 6) is 0.468. The molecule has 0 unspecified atom stereocenters. The van der Waals surface area contributed by atoms with Crippen molar-refractivity contribution in [3.63, 3.8) is 0 Å². The second-order valence-electron chi connectivity index (χ2n) is 4.53. The number of hydrogen-bond acceptors (Lipinski definition) is 5. The molecule has 0 spiro atoms. The van der Waals surface area contributed by atoms with Crippen LogP contribution in [-0.2, 0) is 17.8 Å². The molecule has 2 rings (SSSR count). The number of carbonyl (C=O) groups is 2. The van der Waals surface area contributed by atoms with E-state index < -0.39 is 5.97 Å². The average Bonchev–Trinajstić information content (AvgIpc) is 2.92. The van der Waals surface area contributed by atoms with Crippen molar-refractivity contribution in [2.75, 3.05) is 7.11 Å². The molecular formula is C15H17N3O4. The second kappa shape index (κ2) is 7.26. The van der Waals surface area contributed by atoms with Gasteiger partial charge in [0.05, 0.1) is 25.9 Å². The minimum absolute atomic E-state index is 0.173. The molecule has 0 aliphatic heterocycles. The lowest BCUT2D eigenvalue weighted by Crippen LogP contribution is -2.34. The molecule has 0 saturated heterocycles. The number of hydrogen-bond donors (Lipinski definition) is 2. The zero-order valence-corrected chi connectivity index (χ0v) is 12.4. The van der Waals surface area contributed by atoms with E-state index in [0.717, 1.165) is 5.69 Å². The second-order valence-corrected chi connectivity index (χ2v) is 4.53. The van der Waals surface area contributed by atoms with Crippen LogP contribution < -0.4 is 10.6 Å². The summed E-state index contributed by atoms with van der Waals surface area (Å²) in [6.07, 6.45) is 1.66. The molecule has 116 valence electrons. The molecule has 7 nitrogen and oxygen atoms in total. The minimum Gasteiger partial charge on any atom is -0.465 e. The van der Waals surface area contributed by atoms with Crippen molar-refractivity contribution in [1.82, 2.24) is 15.6 Å². The third-order valence-electron chi connectivity index (χ3n) is 2.95. The summed E-state index contributed by atoms with van der Waals surface area (Å²) < 4.78 is 10.0. The van der Waals surface area contributed by atoms with Gasteiger partial charge in [0, 0.05) is 6.20 Å². The van der Waals surface area contributed by atoms with E-state index in [1.807, 2.05) is 18.2 Å². The third kappa shape index (κ3) is 4.08. The van der Waals surface area contributed by atoms with E-state index >= 15 is 0 Å². The van der Waals surface area contributed by atoms with Crippen LogP contribution >= 0.6 is 0 Å². The van der Waals surface area contributed by atoms with Gasteiger partial charge < -0.3 is 19.8 Å². The van der Waals surface area contributed by atoms with E-state index in [1.165, 1.54) is 7.11 Å².